The number of aromatic nitrogens is 2. The summed E-state index contributed by atoms with van der Waals surface area (Å²) in [4.78, 5) is 4.16. The van der Waals surface area contributed by atoms with Crippen molar-refractivity contribution < 1.29 is 4.52 Å². The van der Waals surface area contributed by atoms with Crippen LogP contribution in [0.3, 0.4) is 0 Å². The van der Waals surface area contributed by atoms with Gasteiger partial charge in [0.2, 0.25) is 5.89 Å². The molecular formula is C12H15N3O. The minimum atomic E-state index is 0.327. The smallest absolute Gasteiger partial charge is 0.227 e. The molecule has 4 nitrogen and oxygen atoms in total. The molecule has 1 aromatic carbocycles. The van der Waals surface area contributed by atoms with Gasteiger partial charge in [-0.15, -0.1) is 0 Å². The summed E-state index contributed by atoms with van der Waals surface area (Å²) < 4.78 is 5.07. The van der Waals surface area contributed by atoms with Crippen molar-refractivity contribution in [3.8, 4) is 0 Å². The molecule has 2 rings (SSSR count). The molecule has 0 bridgehead atoms. The molecule has 0 unspecified atom stereocenters. The van der Waals surface area contributed by atoms with Gasteiger partial charge >= 0.3 is 0 Å². The van der Waals surface area contributed by atoms with Crippen molar-refractivity contribution in [3.05, 3.63) is 47.1 Å². The lowest BCUT2D eigenvalue weighted by molar-refractivity contribution is 0.373. The number of hydrogen-bond donors (Lipinski definition) is 1. The fourth-order valence-electron chi connectivity index (χ4n) is 1.59. The molecule has 0 aliphatic carbocycles. The molecule has 0 saturated heterocycles. The Bertz CT molecular complexity index is 465. The number of hydrogen-bond acceptors (Lipinski definition) is 4. The Kier molecular flexibility index (Phi) is 3.31. The minimum absolute atomic E-state index is 0.327. The maximum atomic E-state index is 5.41. The average molecular weight is 217 g/mol. The van der Waals surface area contributed by atoms with Crippen LogP contribution in [0.5, 0.6) is 0 Å². The fraction of sp³-hybridized carbons (Fsp3) is 0.333. The Morgan fingerprint density at radius 2 is 2.19 bits per heavy atom. The molecular weight excluding hydrogens is 202 g/mol. The summed E-state index contributed by atoms with van der Waals surface area (Å²) in [6.45, 7) is 2.41. The van der Waals surface area contributed by atoms with E-state index in [-0.39, 0.29) is 0 Å². The van der Waals surface area contributed by atoms with Crippen LogP contribution in [0, 0.1) is 6.92 Å². The molecule has 1 aromatic heterocycles. The molecule has 16 heavy (non-hydrogen) atoms. The van der Waals surface area contributed by atoms with E-state index >= 15 is 0 Å². The van der Waals surface area contributed by atoms with Gasteiger partial charge in [-0.1, -0.05) is 35.0 Å². The second-order valence-corrected chi connectivity index (χ2v) is 3.80. The SMILES string of the molecule is Cc1cccc(CCc2nc(CN)no2)c1. The van der Waals surface area contributed by atoms with E-state index in [4.69, 9.17) is 10.3 Å². The third-order valence-corrected chi connectivity index (χ3v) is 2.40. The van der Waals surface area contributed by atoms with Crippen LogP contribution in [0.2, 0.25) is 0 Å². The summed E-state index contributed by atoms with van der Waals surface area (Å²) in [6.07, 6.45) is 1.67. The second kappa shape index (κ2) is 4.90. The molecule has 2 N–H and O–H groups in total. The van der Waals surface area contributed by atoms with Gasteiger partial charge in [0.05, 0.1) is 6.54 Å². The van der Waals surface area contributed by atoms with E-state index in [0.29, 0.717) is 18.3 Å². The molecule has 84 valence electrons. The van der Waals surface area contributed by atoms with E-state index in [1.54, 1.807) is 0 Å². The van der Waals surface area contributed by atoms with Crippen LogP contribution >= 0.6 is 0 Å². The summed E-state index contributed by atoms with van der Waals surface area (Å²) >= 11 is 0. The summed E-state index contributed by atoms with van der Waals surface area (Å²) in [5.41, 5.74) is 7.96. The fourth-order valence-corrected chi connectivity index (χ4v) is 1.59. The zero-order valence-electron chi connectivity index (χ0n) is 9.31. The first-order valence-corrected chi connectivity index (χ1v) is 5.35. The normalized spacial score (nSPS) is 10.6. The number of rotatable bonds is 4. The maximum absolute atomic E-state index is 5.41. The highest BCUT2D eigenvalue weighted by Gasteiger charge is 2.04. The Morgan fingerprint density at radius 3 is 2.88 bits per heavy atom. The van der Waals surface area contributed by atoms with Gasteiger partial charge in [-0.2, -0.15) is 4.98 Å². The Morgan fingerprint density at radius 1 is 1.31 bits per heavy atom. The molecule has 1 heterocycles. The molecule has 0 spiro atoms. The Hall–Kier alpha value is -1.68. The molecule has 0 fully saturated rings. The van der Waals surface area contributed by atoms with E-state index < -0.39 is 0 Å². The van der Waals surface area contributed by atoms with Gasteiger partial charge < -0.3 is 10.3 Å². The minimum Gasteiger partial charge on any atom is -0.339 e. The topological polar surface area (TPSA) is 64.9 Å². The lowest BCUT2D eigenvalue weighted by Gasteiger charge is -1.99. The van der Waals surface area contributed by atoms with Crippen LogP contribution in [0.15, 0.2) is 28.8 Å². The van der Waals surface area contributed by atoms with Crippen LogP contribution in [0.4, 0.5) is 0 Å². The average Bonchev–Trinajstić information content (AvgIpc) is 2.74. The van der Waals surface area contributed by atoms with Gasteiger partial charge in [-0.05, 0) is 18.9 Å². The van der Waals surface area contributed by atoms with Crippen molar-refractivity contribution in [2.75, 3.05) is 0 Å². The highest BCUT2D eigenvalue weighted by atomic mass is 16.5. The third kappa shape index (κ3) is 2.67. The molecule has 0 aliphatic rings. The van der Waals surface area contributed by atoms with Gasteiger partial charge in [-0.3, -0.25) is 0 Å². The summed E-state index contributed by atoms with van der Waals surface area (Å²) in [7, 11) is 0. The number of benzene rings is 1. The van der Waals surface area contributed by atoms with Crippen molar-refractivity contribution in [2.45, 2.75) is 26.3 Å². The third-order valence-electron chi connectivity index (χ3n) is 2.40. The quantitative estimate of drug-likeness (QED) is 0.845. The maximum Gasteiger partial charge on any atom is 0.227 e. The standard InChI is InChI=1S/C12H15N3O/c1-9-3-2-4-10(7-9)5-6-12-14-11(8-13)15-16-12/h2-4,7H,5-6,8,13H2,1H3. The molecule has 2 aromatic rings. The van der Waals surface area contributed by atoms with Gasteiger partial charge in [0.15, 0.2) is 5.82 Å². The zero-order valence-corrected chi connectivity index (χ0v) is 9.31. The highest BCUT2D eigenvalue weighted by Crippen LogP contribution is 2.08. The van der Waals surface area contributed by atoms with Gasteiger partial charge in [-0.25, -0.2) is 0 Å². The van der Waals surface area contributed by atoms with E-state index in [9.17, 15) is 0 Å². The van der Waals surface area contributed by atoms with E-state index in [1.165, 1.54) is 11.1 Å². The number of aryl methyl sites for hydroxylation is 3. The molecule has 0 amide bonds. The largest absolute Gasteiger partial charge is 0.339 e. The summed E-state index contributed by atoms with van der Waals surface area (Å²) in [6, 6.07) is 8.42. The second-order valence-electron chi connectivity index (χ2n) is 3.80. The van der Waals surface area contributed by atoms with Crippen molar-refractivity contribution >= 4 is 0 Å². The zero-order chi connectivity index (χ0) is 11.4. The monoisotopic (exact) mass is 217 g/mol. The predicted molar refractivity (Wildman–Crippen MR) is 60.8 cm³/mol. The molecule has 0 radical (unpaired) electrons. The first kappa shape index (κ1) is 10.8. The Balaban J connectivity index is 1.96. The van der Waals surface area contributed by atoms with Crippen LogP contribution < -0.4 is 5.73 Å². The van der Waals surface area contributed by atoms with E-state index in [2.05, 4.69) is 41.3 Å². The van der Waals surface area contributed by atoms with Crippen LogP contribution in [-0.2, 0) is 19.4 Å². The van der Waals surface area contributed by atoms with Crippen molar-refractivity contribution in [1.82, 2.24) is 10.1 Å². The van der Waals surface area contributed by atoms with Crippen molar-refractivity contribution in [1.29, 1.82) is 0 Å². The van der Waals surface area contributed by atoms with Crippen molar-refractivity contribution in [3.63, 3.8) is 0 Å². The molecule has 0 saturated carbocycles. The van der Waals surface area contributed by atoms with Crippen molar-refractivity contribution in [2.24, 2.45) is 5.73 Å². The summed E-state index contributed by atoms with van der Waals surface area (Å²) in [5.74, 6) is 1.22. The number of nitrogens with zero attached hydrogens (tertiary/aromatic N) is 2. The first-order chi connectivity index (χ1) is 7.78. The van der Waals surface area contributed by atoms with Crippen LogP contribution in [0.25, 0.3) is 0 Å². The van der Waals surface area contributed by atoms with Crippen LogP contribution in [0.1, 0.15) is 22.8 Å². The number of nitrogens with two attached hydrogens (primary N) is 1. The van der Waals surface area contributed by atoms with Gasteiger partial charge in [0, 0.05) is 6.42 Å². The highest BCUT2D eigenvalue weighted by molar-refractivity contribution is 5.22. The van der Waals surface area contributed by atoms with Gasteiger partial charge in [0.1, 0.15) is 0 Å². The van der Waals surface area contributed by atoms with E-state index in [1.807, 2.05) is 0 Å². The Labute approximate surface area is 94.5 Å². The van der Waals surface area contributed by atoms with Crippen LogP contribution in [-0.4, -0.2) is 10.1 Å². The summed E-state index contributed by atoms with van der Waals surface area (Å²) in [5, 5.41) is 3.75. The van der Waals surface area contributed by atoms with Gasteiger partial charge in [0.25, 0.3) is 0 Å². The van der Waals surface area contributed by atoms with E-state index in [0.717, 1.165) is 12.8 Å². The molecule has 0 atom stereocenters. The lowest BCUT2D eigenvalue weighted by atomic mass is 10.1. The predicted octanol–water partition coefficient (Wildman–Crippen LogP) is 1.62. The first-order valence-electron chi connectivity index (χ1n) is 5.35. The molecule has 0 aliphatic heterocycles. The lowest BCUT2D eigenvalue weighted by Crippen LogP contribution is -1.98. The molecule has 4 heteroatoms.